The number of rotatable bonds is 2. The average molecular weight is 223 g/mol. The Balaban J connectivity index is 2.61. The van der Waals surface area contributed by atoms with Gasteiger partial charge < -0.3 is 10.2 Å². The molecule has 0 spiro atoms. The van der Waals surface area contributed by atoms with Crippen molar-refractivity contribution in [3.8, 4) is 0 Å². The predicted molar refractivity (Wildman–Crippen MR) is 66.8 cm³/mol. The molecule has 0 radical (unpaired) electrons. The highest BCUT2D eigenvalue weighted by Gasteiger charge is 2.00. The number of aryl methyl sites for hydroxylation is 2. The number of thiocarbonyl (C=S) groups is 1. The third-order valence-electron chi connectivity index (χ3n) is 1.99. The van der Waals surface area contributed by atoms with Crippen molar-refractivity contribution in [3.63, 3.8) is 0 Å². The molecule has 0 atom stereocenters. The van der Waals surface area contributed by atoms with E-state index in [1.807, 2.05) is 32.8 Å². The Morgan fingerprint density at radius 1 is 1.33 bits per heavy atom. The Hall–Kier alpha value is -1.16. The molecular formula is C11H17N3S. The fraction of sp³-hybridized carbons (Fsp3) is 0.455. The molecule has 0 saturated heterocycles. The minimum absolute atomic E-state index is 0.751. The zero-order valence-corrected chi connectivity index (χ0v) is 10.5. The highest BCUT2D eigenvalue weighted by atomic mass is 32.1. The number of hydrogen-bond acceptors (Lipinski definition) is 2. The molecule has 0 aliphatic carbocycles. The molecule has 0 aliphatic heterocycles. The smallest absolute Gasteiger partial charge is 0.168 e. The molecule has 3 nitrogen and oxygen atoms in total. The van der Waals surface area contributed by atoms with Crippen LogP contribution in [0.3, 0.4) is 0 Å². The fourth-order valence-electron chi connectivity index (χ4n) is 1.36. The minimum Gasteiger partial charge on any atom is -0.359 e. The predicted octanol–water partition coefficient (Wildman–Crippen LogP) is 1.63. The molecule has 82 valence electrons. The molecule has 1 heterocycles. The molecule has 15 heavy (non-hydrogen) atoms. The van der Waals surface area contributed by atoms with E-state index in [-0.39, 0.29) is 0 Å². The van der Waals surface area contributed by atoms with Gasteiger partial charge in [-0.3, -0.25) is 4.98 Å². The van der Waals surface area contributed by atoms with Crippen LogP contribution < -0.4 is 5.32 Å². The maximum absolute atomic E-state index is 5.14. The van der Waals surface area contributed by atoms with Crippen LogP contribution in [0.15, 0.2) is 12.1 Å². The van der Waals surface area contributed by atoms with Crippen molar-refractivity contribution in [2.24, 2.45) is 0 Å². The molecule has 1 aromatic rings. The van der Waals surface area contributed by atoms with Gasteiger partial charge in [-0.1, -0.05) is 0 Å². The number of nitrogens with zero attached hydrogens (tertiary/aromatic N) is 2. The summed E-state index contributed by atoms with van der Waals surface area (Å²) in [6.07, 6.45) is 0. The summed E-state index contributed by atoms with van der Waals surface area (Å²) in [7, 11) is 3.86. The minimum atomic E-state index is 0.751. The van der Waals surface area contributed by atoms with Crippen LogP contribution in [0.1, 0.15) is 17.0 Å². The summed E-state index contributed by atoms with van der Waals surface area (Å²) in [6, 6.07) is 4.14. The molecule has 1 aromatic heterocycles. The topological polar surface area (TPSA) is 28.2 Å². The standard InChI is InChI=1S/C11H17N3S/c1-8-5-10(6-9(2)13-8)7-12-11(15)14(3)4/h5-6H,7H2,1-4H3,(H,12,15). The van der Waals surface area contributed by atoms with Gasteiger partial charge >= 0.3 is 0 Å². The van der Waals surface area contributed by atoms with Crippen LogP contribution in [0.5, 0.6) is 0 Å². The van der Waals surface area contributed by atoms with Crippen LogP contribution in [0, 0.1) is 13.8 Å². The molecule has 0 saturated carbocycles. The molecular weight excluding hydrogens is 206 g/mol. The Morgan fingerprint density at radius 3 is 2.33 bits per heavy atom. The molecule has 0 fully saturated rings. The van der Waals surface area contributed by atoms with Crippen LogP contribution in [0.2, 0.25) is 0 Å². The van der Waals surface area contributed by atoms with Crippen molar-refractivity contribution in [1.82, 2.24) is 15.2 Å². The van der Waals surface area contributed by atoms with Crippen molar-refractivity contribution in [3.05, 3.63) is 29.1 Å². The van der Waals surface area contributed by atoms with Gasteiger partial charge in [-0.25, -0.2) is 0 Å². The van der Waals surface area contributed by atoms with E-state index in [0.29, 0.717) is 0 Å². The van der Waals surface area contributed by atoms with Crippen LogP contribution >= 0.6 is 12.2 Å². The summed E-state index contributed by atoms with van der Waals surface area (Å²) < 4.78 is 0. The Bertz CT molecular complexity index is 341. The summed E-state index contributed by atoms with van der Waals surface area (Å²) in [5.74, 6) is 0. The largest absolute Gasteiger partial charge is 0.359 e. The second-order valence-electron chi connectivity index (χ2n) is 3.81. The second kappa shape index (κ2) is 5.07. The van der Waals surface area contributed by atoms with Gasteiger partial charge in [0.1, 0.15) is 0 Å². The molecule has 0 unspecified atom stereocenters. The van der Waals surface area contributed by atoms with Gasteiger partial charge in [0.2, 0.25) is 0 Å². The average Bonchev–Trinajstić information content (AvgIpc) is 2.12. The summed E-state index contributed by atoms with van der Waals surface area (Å²) in [5.41, 5.74) is 3.30. The monoisotopic (exact) mass is 223 g/mol. The van der Waals surface area contributed by atoms with E-state index < -0.39 is 0 Å². The zero-order chi connectivity index (χ0) is 11.4. The third kappa shape index (κ3) is 3.83. The lowest BCUT2D eigenvalue weighted by atomic mass is 10.2. The second-order valence-corrected chi connectivity index (χ2v) is 4.20. The number of aromatic nitrogens is 1. The molecule has 0 amide bonds. The van der Waals surface area contributed by atoms with Gasteiger partial charge in [0.05, 0.1) is 0 Å². The van der Waals surface area contributed by atoms with Crippen LogP contribution in [-0.4, -0.2) is 29.1 Å². The molecule has 1 N–H and O–H groups in total. The molecule has 0 bridgehead atoms. The molecule has 4 heteroatoms. The van der Waals surface area contributed by atoms with Crippen molar-refractivity contribution >= 4 is 17.3 Å². The lowest BCUT2D eigenvalue weighted by molar-refractivity contribution is 0.600. The van der Waals surface area contributed by atoms with E-state index in [1.54, 1.807) is 0 Å². The lowest BCUT2D eigenvalue weighted by Crippen LogP contribution is -2.33. The van der Waals surface area contributed by atoms with Gasteiger partial charge in [0.25, 0.3) is 0 Å². The van der Waals surface area contributed by atoms with Gasteiger partial charge in [-0.05, 0) is 43.8 Å². The van der Waals surface area contributed by atoms with Gasteiger partial charge in [-0.2, -0.15) is 0 Å². The first-order valence-electron chi connectivity index (χ1n) is 4.88. The van der Waals surface area contributed by atoms with Crippen molar-refractivity contribution < 1.29 is 0 Å². The zero-order valence-electron chi connectivity index (χ0n) is 9.66. The molecule has 1 rings (SSSR count). The van der Waals surface area contributed by atoms with Crippen LogP contribution in [0.4, 0.5) is 0 Å². The molecule has 0 aliphatic rings. The Labute approximate surface area is 96.5 Å². The SMILES string of the molecule is Cc1cc(CNC(=S)N(C)C)cc(C)n1. The number of hydrogen-bond donors (Lipinski definition) is 1. The van der Waals surface area contributed by atoms with Gasteiger partial charge in [0.15, 0.2) is 5.11 Å². The quantitative estimate of drug-likeness (QED) is 0.771. The van der Waals surface area contributed by atoms with E-state index in [4.69, 9.17) is 12.2 Å². The number of pyridine rings is 1. The van der Waals surface area contributed by atoms with Crippen molar-refractivity contribution in [2.75, 3.05) is 14.1 Å². The Kier molecular flexibility index (Phi) is 4.03. The number of nitrogens with one attached hydrogen (secondary N) is 1. The molecule has 0 aromatic carbocycles. The van der Waals surface area contributed by atoms with Crippen molar-refractivity contribution in [2.45, 2.75) is 20.4 Å². The normalized spacial score (nSPS) is 9.87. The van der Waals surface area contributed by atoms with Gasteiger partial charge in [-0.15, -0.1) is 0 Å². The van der Waals surface area contributed by atoms with Crippen molar-refractivity contribution in [1.29, 1.82) is 0 Å². The first-order valence-corrected chi connectivity index (χ1v) is 5.29. The first-order chi connectivity index (χ1) is 6.99. The van der Waals surface area contributed by atoms with E-state index >= 15 is 0 Å². The summed E-state index contributed by atoms with van der Waals surface area (Å²) in [6.45, 7) is 4.75. The maximum atomic E-state index is 5.14. The summed E-state index contributed by atoms with van der Waals surface area (Å²) in [5, 5.41) is 3.93. The highest BCUT2D eigenvalue weighted by molar-refractivity contribution is 7.80. The van der Waals surface area contributed by atoms with Gasteiger partial charge in [0, 0.05) is 32.0 Å². The highest BCUT2D eigenvalue weighted by Crippen LogP contribution is 2.04. The van der Waals surface area contributed by atoms with E-state index in [0.717, 1.165) is 23.0 Å². The van der Waals surface area contributed by atoms with E-state index in [1.165, 1.54) is 5.56 Å². The van der Waals surface area contributed by atoms with E-state index in [2.05, 4.69) is 22.4 Å². The summed E-state index contributed by atoms with van der Waals surface area (Å²) >= 11 is 5.14. The summed E-state index contributed by atoms with van der Waals surface area (Å²) in [4.78, 5) is 6.21. The first kappa shape index (κ1) is 11.9. The van der Waals surface area contributed by atoms with E-state index in [9.17, 15) is 0 Å². The van der Waals surface area contributed by atoms with Crippen LogP contribution in [0.25, 0.3) is 0 Å². The van der Waals surface area contributed by atoms with Crippen LogP contribution in [-0.2, 0) is 6.54 Å². The Morgan fingerprint density at radius 2 is 1.87 bits per heavy atom. The lowest BCUT2D eigenvalue weighted by Gasteiger charge is -2.15. The third-order valence-corrected chi connectivity index (χ3v) is 2.50. The maximum Gasteiger partial charge on any atom is 0.168 e. The fourth-order valence-corrected chi connectivity index (χ4v) is 1.43.